The van der Waals surface area contributed by atoms with Gasteiger partial charge in [0, 0.05) is 13.5 Å². The fourth-order valence-electron chi connectivity index (χ4n) is 2.55. The molecule has 0 unspecified atom stereocenters. The molecule has 0 radical (unpaired) electrons. The van der Waals surface area contributed by atoms with Crippen molar-refractivity contribution in [1.82, 2.24) is 15.3 Å². The molecule has 1 atom stereocenters. The second kappa shape index (κ2) is 7.31. The second-order valence-corrected chi connectivity index (χ2v) is 5.57. The van der Waals surface area contributed by atoms with Crippen molar-refractivity contribution >= 4 is 16.8 Å². The van der Waals surface area contributed by atoms with Gasteiger partial charge in [-0.2, -0.15) is 0 Å². The number of methoxy groups -OCH3 is 1. The Kier molecular flexibility index (Phi) is 4.95. The highest BCUT2D eigenvalue weighted by Gasteiger charge is 2.21. The minimum Gasteiger partial charge on any atom is -0.464 e. The van der Waals surface area contributed by atoms with Crippen molar-refractivity contribution in [2.45, 2.75) is 19.4 Å². The molecule has 2 N–H and O–H groups in total. The van der Waals surface area contributed by atoms with E-state index in [0.29, 0.717) is 16.7 Å². The predicted molar refractivity (Wildman–Crippen MR) is 92.5 cm³/mol. The zero-order chi connectivity index (χ0) is 17.8. The number of carbonyl (C=O) groups excluding carboxylic acids is 1. The van der Waals surface area contributed by atoms with Crippen LogP contribution in [0, 0.1) is 0 Å². The van der Waals surface area contributed by atoms with Gasteiger partial charge in [-0.3, -0.25) is 9.59 Å². The molecule has 7 heteroatoms. The summed E-state index contributed by atoms with van der Waals surface area (Å²) in [5.41, 5.74) is 0.108. The number of aryl methyl sites for hydroxylation is 1. The molecule has 0 aliphatic carbocycles. The van der Waals surface area contributed by atoms with Crippen LogP contribution in [0.3, 0.4) is 0 Å². The molecule has 0 saturated heterocycles. The van der Waals surface area contributed by atoms with Gasteiger partial charge in [0.25, 0.3) is 11.5 Å². The predicted octanol–water partition coefficient (Wildman–Crippen LogP) is 2.20. The third-order valence-corrected chi connectivity index (χ3v) is 3.84. The number of furan rings is 1. The molecule has 3 aromatic rings. The fraction of sp³-hybridized carbons (Fsp3) is 0.278. The molecule has 2 heterocycles. The van der Waals surface area contributed by atoms with Crippen molar-refractivity contribution in [3.05, 3.63) is 64.1 Å². The number of fused-ring (bicyclic) bond motifs is 1. The summed E-state index contributed by atoms with van der Waals surface area (Å²) >= 11 is 0. The van der Waals surface area contributed by atoms with Crippen LogP contribution in [0.1, 0.15) is 35.1 Å². The zero-order valence-electron chi connectivity index (χ0n) is 14.0. The number of H-pyrrole nitrogens is 1. The number of nitrogens with zero attached hydrogens (tertiary/aromatic N) is 1. The standard InChI is InChI=1S/C18H19N3O4/c1-3-11-8-9-15(25-11)14(10-24-2)20-18(23)16-19-13-7-5-4-6-12(13)17(22)21-16/h4-9,14H,3,10H2,1-2H3,(H,20,23)(H,19,21,22)/t14-/m0/s1. The summed E-state index contributed by atoms with van der Waals surface area (Å²) in [7, 11) is 1.54. The highest BCUT2D eigenvalue weighted by atomic mass is 16.5. The summed E-state index contributed by atoms with van der Waals surface area (Å²) in [5.74, 6) is 0.865. The molecule has 0 fully saturated rings. The van der Waals surface area contributed by atoms with E-state index in [1.54, 1.807) is 37.4 Å². The van der Waals surface area contributed by atoms with Crippen LogP contribution >= 0.6 is 0 Å². The average molecular weight is 341 g/mol. The Morgan fingerprint density at radius 3 is 2.84 bits per heavy atom. The van der Waals surface area contributed by atoms with Gasteiger partial charge in [-0.05, 0) is 24.3 Å². The Bertz CT molecular complexity index is 945. The molecule has 3 rings (SSSR count). The number of amides is 1. The SMILES string of the molecule is CCc1ccc([C@H](COC)NC(=O)c2nc3ccccc3c(=O)[nH]2)o1. The third-order valence-electron chi connectivity index (χ3n) is 3.84. The van der Waals surface area contributed by atoms with Crippen molar-refractivity contribution in [3.8, 4) is 0 Å². The maximum Gasteiger partial charge on any atom is 0.287 e. The van der Waals surface area contributed by atoms with Gasteiger partial charge >= 0.3 is 0 Å². The fourth-order valence-corrected chi connectivity index (χ4v) is 2.55. The Labute approximate surface area is 144 Å². The van der Waals surface area contributed by atoms with Gasteiger partial charge in [-0.1, -0.05) is 19.1 Å². The van der Waals surface area contributed by atoms with Crippen molar-refractivity contribution in [3.63, 3.8) is 0 Å². The lowest BCUT2D eigenvalue weighted by Crippen LogP contribution is -2.33. The number of benzene rings is 1. The Hall–Kier alpha value is -2.93. The minimum absolute atomic E-state index is 0.0490. The molecule has 0 aliphatic heterocycles. The molecule has 0 bridgehead atoms. The summed E-state index contributed by atoms with van der Waals surface area (Å²) < 4.78 is 10.9. The number of hydrogen-bond acceptors (Lipinski definition) is 5. The zero-order valence-corrected chi connectivity index (χ0v) is 14.0. The van der Waals surface area contributed by atoms with E-state index in [1.807, 2.05) is 13.0 Å². The van der Waals surface area contributed by atoms with Crippen molar-refractivity contribution in [2.24, 2.45) is 0 Å². The highest BCUT2D eigenvalue weighted by Crippen LogP contribution is 2.18. The summed E-state index contributed by atoms with van der Waals surface area (Å²) in [6.07, 6.45) is 0.757. The Morgan fingerprint density at radius 1 is 1.32 bits per heavy atom. The van der Waals surface area contributed by atoms with Crippen molar-refractivity contribution < 1.29 is 13.9 Å². The molecule has 0 saturated carbocycles. The van der Waals surface area contributed by atoms with Crippen LogP contribution in [0.4, 0.5) is 0 Å². The third kappa shape index (κ3) is 3.61. The van der Waals surface area contributed by atoms with E-state index in [9.17, 15) is 9.59 Å². The topological polar surface area (TPSA) is 97.2 Å². The van der Waals surface area contributed by atoms with Gasteiger partial charge in [-0.25, -0.2) is 4.98 Å². The van der Waals surface area contributed by atoms with Gasteiger partial charge in [0.1, 0.15) is 17.6 Å². The van der Waals surface area contributed by atoms with Gasteiger partial charge < -0.3 is 19.5 Å². The molecule has 1 amide bonds. The van der Waals surface area contributed by atoms with E-state index in [0.717, 1.165) is 12.2 Å². The average Bonchev–Trinajstić information content (AvgIpc) is 3.10. The smallest absolute Gasteiger partial charge is 0.287 e. The number of para-hydroxylation sites is 1. The first-order valence-corrected chi connectivity index (χ1v) is 7.99. The summed E-state index contributed by atoms with van der Waals surface area (Å²) in [6, 6.07) is 10.0. The largest absolute Gasteiger partial charge is 0.464 e. The first-order chi connectivity index (χ1) is 12.1. The van der Waals surface area contributed by atoms with Crippen LogP contribution in [0.25, 0.3) is 10.9 Å². The highest BCUT2D eigenvalue weighted by molar-refractivity contribution is 5.92. The van der Waals surface area contributed by atoms with Gasteiger partial charge in [0.05, 0.1) is 17.5 Å². The molecule has 0 aliphatic rings. The first-order valence-electron chi connectivity index (χ1n) is 7.99. The normalized spacial score (nSPS) is 12.2. The van der Waals surface area contributed by atoms with Crippen LogP contribution in [0.5, 0.6) is 0 Å². The number of nitrogens with one attached hydrogen (secondary N) is 2. The van der Waals surface area contributed by atoms with E-state index in [4.69, 9.17) is 9.15 Å². The van der Waals surface area contributed by atoms with E-state index >= 15 is 0 Å². The number of aromatic nitrogens is 2. The van der Waals surface area contributed by atoms with Crippen molar-refractivity contribution in [1.29, 1.82) is 0 Å². The van der Waals surface area contributed by atoms with E-state index in [-0.39, 0.29) is 18.0 Å². The summed E-state index contributed by atoms with van der Waals surface area (Å²) in [4.78, 5) is 31.4. The molecule has 7 nitrogen and oxygen atoms in total. The summed E-state index contributed by atoms with van der Waals surface area (Å²) in [5, 5.41) is 3.23. The number of ether oxygens (including phenoxy) is 1. The lowest BCUT2D eigenvalue weighted by molar-refractivity contribution is 0.0872. The first kappa shape index (κ1) is 16.9. The van der Waals surface area contributed by atoms with E-state index in [1.165, 1.54) is 0 Å². The molecular formula is C18H19N3O4. The number of aromatic amines is 1. The monoisotopic (exact) mass is 341 g/mol. The number of hydrogen-bond donors (Lipinski definition) is 2. The van der Waals surface area contributed by atoms with Crippen LogP contribution in [-0.2, 0) is 11.2 Å². The van der Waals surface area contributed by atoms with Crippen LogP contribution in [0.15, 0.2) is 45.6 Å². The lowest BCUT2D eigenvalue weighted by atomic mass is 10.2. The van der Waals surface area contributed by atoms with Gasteiger partial charge in [0.15, 0.2) is 5.82 Å². The van der Waals surface area contributed by atoms with Crippen LogP contribution < -0.4 is 10.9 Å². The quantitative estimate of drug-likeness (QED) is 0.716. The van der Waals surface area contributed by atoms with Crippen LogP contribution in [-0.4, -0.2) is 29.6 Å². The van der Waals surface area contributed by atoms with Gasteiger partial charge in [0.2, 0.25) is 0 Å². The van der Waals surface area contributed by atoms with Crippen molar-refractivity contribution in [2.75, 3.05) is 13.7 Å². The molecule has 2 aromatic heterocycles. The maximum atomic E-state index is 12.5. The molecule has 25 heavy (non-hydrogen) atoms. The number of carbonyl (C=O) groups is 1. The molecule has 0 spiro atoms. The molecule has 130 valence electrons. The van der Waals surface area contributed by atoms with Crippen LogP contribution in [0.2, 0.25) is 0 Å². The van der Waals surface area contributed by atoms with E-state index < -0.39 is 11.9 Å². The molecule has 1 aromatic carbocycles. The second-order valence-electron chi connectivity index (χ2n) is 5.57. The van der Waals surface area contributed by atoms with Gasteiger partial charge in [-0.15, -0.1) is 0 Å². The lowest BCUT2D eigenvalue weighted by Gasteiger charge is -2.15. The maximum absolute atomic E-state index is 12.5. The minimum atomic E-state index is -0.501. The summed E-state index contributed by atoms with van der Waals surface area (Å²) in [6.45, 7) is 2.22. The number of rotatable bonds is 6. The molecular weight excluding hydrogens is 322 g/mol. The Balaban J connectivity index is 1.87. The Morgan fingerprint density at radius 2 is 2.12 bits per heavy atom. The van der Waals surface area contributed by atoms with E-state index in [2.05, 4.69) is 15.3 Å².